The van der Waals surface area contributed by atoms with Gasteiger partial charge in [0.25, 0.3) is 0 Å². The second-order valence-corrected chi connectivity index (χ2v) is 4.33. The first kappa shape index (κ1) is 14.0. The van der Waals surface area contributed by atoms with Gasteiger partial charge >= 0.3 is 6.03 Å². The number of aliphatic hydroxyl groups is 1. The van der Waals surface area contributed by atoms with Crippen LogP contribution in [0.4, 0.5) is 4.79 Å². The van der Waals surface area contributed by atoms with Crippen LogP contribution in [0.2, 0.25) is 0 Å². The van der Waals surface area contributed by atoms with Gasteiger partial charge in [0.15, 0.2) is 0 Å². The highest BCUT2D eigenvalue weighted by Gasteiger charge is 2.12. The lowest BCUT2D eigenvalue weighted by Crippen LogP contribution is -2.38. The van der Waals surface area contributed by atoms with Crippen LogP contribution in [0.25, 0.3) is 0 Å². The summed E-state index contributed by atoms with van der Waals surface area (Å²) in [4.78, 5) is 15.7. The van der Waals surface area contributed by atoms with E-state index in [1.807, 2.05) is 42.5 Å². The van der Waals surface area contributed by atoms with E-state index in [1.165, 1.54) is 0 Å². The van der Waals surface area contributed by atoms with E-state index < -0.39 is 6.04 Å². The van der Waals surface area contributed by atoms with E-state index >= 15 is 0 Å². The van der Waals surface area contributed by atoms with E-state index in [0.717, 1.165) is 11.1 Å². The monoisotopic (exact) mass is 271 g/mol. The quantitative estimate of drug-likeness (QED) is 0.773. The number of amides is 2. The van der Waals surface area contributed by atoms with Gasteiger partial charge in [0.1, 0.15) is 0 Å². The Kier molecular flexibility index (Phi) is 5.08. The molecule has 0 unspecified atom stereocenters. The number of pyridine rings is 1. The van der Waals surface area contributed by atoms with Gasteiger partial charge in [-0.15, -0.1) is 0 Å². The summed E-state index contributed by atoms with van der Waals surface area (Å²) in [7, 11) is 0. The zero-order chi connectivity index (χ0) is 14.2. The molecule has 5 nitrogen and oxygen atoms in total. The third-order valence-corrected chi connectivity index (χ3v) is 2.89. The molecule has 0 fully saturated rings. The predicted molar refractivity (Wildman–Crippen MR) is 75.9 cm³/mol. The minimum absolute atomic E-state index is 0.146. The summed E-state index contributed by atoms with van der Waals surface area (Å²) in [5.74, 6) is 0. The summed E-state index contributed by atoms with van der Waals surface area (Å²) in [5, 5.41) is 14.8. The van der Waals surface area contributed by atoms with Crippen molar-refractivity contribution in [3.8, 4) is 0 Å². The second-order valence-electron chi connectivity index (χ2n) is 4.33. The number of benzene rings is 1. The summed E-state index contributed by atoms with van der Waals surface area (Å²) in [6.07, 6.45) is 3.35. The number of hydrogen-bond acceptors (Lipinski definition) is 3. The summed E-state index contributed by atoms with van der Waals surface area (Å²) in [6.45, 7) is 0.272. The van der Waals surface area contributed by atoms with Crippen LogP contribution in [0.1, 0.15) is 17.2 Å². The van der Waals surface area contributed by atoms with Gasteiger partial charge in [0.05, 0.1) is 12.6 Å². The van der Waals surface area contributed by atoms with Gasteiger partial charge in [-0.05, 0) is 23.3 Å². The lowest BCUT2D eigenvalue weighted by molar-refractivity contribution is 0.216. The number of aromatic nitrogens is 1. The Bertz CT molecular complexity index is 531. The Morgan fingerprint density at radius 2 is 1.85 bits per heavy atom. The van der Waals surface area contributed by atoms with Gasteiger partial charge in [-0.25, -0.2) is 4.79 Å². The van der Waals surface area contributed by atoms with Gasteiger partial charge in [-0.1, -0.05) is 30.3 Å². The Balaban J connectivity index is 1.87. The van der Waals surface area contributed by atoms with Crippen LogP contribution >= 0.6 is 0 Å². The molecule has 2 aromatic rings. The van der Waals surface area contributed by atoms with Crippen molar-refractivity contribution in [1.29, 1.82) is 0 Å². The number of carbonyl (C=O) groups is 1. The van der Waals surface area contributed by atoms with Crippen molar-refractivity contribution in [2.45, 2.75) is 12.6 Å². The minimum atomic E-state index is -0.409. The van der Waals surface area contributed by atoms with Gasteiger partial charge in [-0.2, -0.15) is 0 Å². The molecule has 20 heavy (non-hydrogen) atoms. The lowest BCUT2D eigenvalue weighted by atomic mass is 10.1. The number of nitrogens with one attached hydrogen (secondary N) is 2. The molecule has 0 saturated carbocycles. The first-order valence-electron chi connectivity index (χ1n) is 6.38. The van der Waals surface area contributed by atoms with E-state index in [4.69, 9.17) is 0 Å². The molecule has 0 aliphatic carbocycles. The molecule has 0 radical (unpaired) electrons. The Hall–Kier alpha value is -2.40. The van der Waals surface area contributed by atoms with Crippen molar-refractivity contribution in [3.05, 3.63) is 66.0 Å². The molecule has 3 N–H and O–H groups in total. The maximum absolute atomic E-state index is 11.8. The van der Waals surface area contributed by atoms with E-state index in [-0.39, 0.29) is 12.6 Å². The molecule has 0 aliphatic heterocycles. The Morgan fingerprint density at radius 1 is 1.15 bits per heavy atom. The molecule has 0 aliphatic rings. The lowest BCUT2D eigenvalue weighted by Gasteiger charge is -2.17. The Morgan fingerprint density at radius 3 is 2.50 bits per heavy atom. The van der Waals surface area contributed by atoms with E-state index in [9.17, 15) is 9.90 Å². The highest BCUT2D eigenvalue weighted by Crippen LogP contribution is 2.11. The minimum Gasteiger partial charge on any atom is -0.394 e. The Labute approximate surface area is 117 Å². The van der Waals surface area contributed by atoms with Crippen LogP contribution in [0.5, 0.6) is 0 Å². The van der Waals surface area contributed by atoms with Crippen LogP contribution in [0, 0.1) is 0 Å². The number of carbonyl (C=O) groups excluding carboxylic acids is 1. The topological polar surface area (TPSA) is 74.2 Å². The molecule has 1 aromatic carbocycles. The summed E-state index contributed by atoms with van der Waals surface area (Å²) < 4.78 is 0. The van der Waals surface area contributed by atoms with Crippen molar-refractivity contribution < 1.29 is 9.90 Å². The number of rotatable bonds is 5. The van der Waals surface area contributed by atoms with Gasteiger partial charge < -0.3 is 15.7 Å². The maximum Gasteiger partial charge on any atom is 0.315 e. The van der Waals surface area contributed by atoms with Crippen molar-refractivity contribution in [2.24, 2.45) is 0 Å². The van der Waals surface area contributed by atoms with Gasteiger partial charge in [-0.3, -0.25) is 4.98 Å². The molecule has 0 bridgehead atoms. The smallest absolute Gasteiger partial charge is 0.315 e. The molecule has 5 heteroatoms. The fourth-order valence-corrected chi connectivity index (χ4v) is 1.81. The molecule has 1 atom stereocenters. The number of urea groups is 1. The first-order valence-corrected chi connectivity index (χ1v) is 6.38. The van der Waals surface area contributed by atoms with Crippen LogP contribution in [0.3, 0.4) is 0 Å². The molecule has 1 heterocycles. The van der Waals surface area contributed by atoms with Crippen LogP contribution in [-0.4, -0.2) is 22.7 Å². The van der Waals surface area contributed by atoms with Gasteiger partial charge in [0, 0.05) is 18.9 Å². The van der Waals surface area contributed by atoms with Crippen LogP contribution < -0.4 is 10.6 Å². The van der Waals surface area contributed by atoms with Crippen LogP contribution in [0.15, 0.2) is 54.9 Å². The third-order valence-electron chi connectivity index (χ3n) is 2.89. The molecule has 1 aromatic heterocycles. The molecular formula is C15H17N3O2. The maximum atomic E-state index is 11.8. The van der Waals surface area contributed by atoms with E-state index in [0.29, 0.717) is 6.54 Å². The molecule has 2 amide bonds. The average molecular weight is 271 g/mol. The summed E-state index contributed by atoms with van der Waals surface area (Å²) in [6, 6.07) is 12.3. The van der Waals surface area contributed by atoms with E-state index in [1.54, 1.807) is 12.4 Å². The van der Waals surface area contributed by atoms with Crippen LogP contribution in [-0.2, 0) is 6.54 Å². The SMILES string of the molecule is O=C(NCc1ccncc1)N[C@H](CO)c1ccccc1. The normalized spacial score (nSPS) is 11.7. The molecule has 104 valence electrons. The number of nitrogens with zero attached hydrogens (tertiary/aromatic N) is 1. The highest BCUT2D eigenvalue weighted by atomic mass is 16.3. The fourth-order valence-electron chi connectivity index (χ4n) is 1.81. The highest BCUT2D eigenvalue weighted by molar-refractivity contribution is 5.74. The van der Waals surface area contributed by atoms with Crippen molar-refractivity contribution in [1.82, 2.24) is 15.6 Å². The molecular weight excluding hydrogens is 254 g/mol. The second kappa shape index (κ2) is 7.25. The number of aliphatic hydroxyl groups excluding tert-OH is 1. The molecule has 0 saturated heterocycles. The van der Waals surface area contributed by atoms with E-state index in [2.05, 4.69) is 15.6 Å². The largest absolute Gasteiger partial charge is 0.394 e. The average Bonchev–Trinajstić information content (AvgIpc) is 2.52. The van der Waals surface area contributed by atoms with Crippen molar-refractivity contribution in [2.75, 3.05) is 6.61 Å². The van der Waals surface area contributed by atoms with Crippen molar-refractivity contribution in [3.63, 3.8) is 0 Å². The molecule has 2 rings (SSSR count). The number of hydrogen-bond donors (Lipinski definition) is 3. The standard InChI is InChI=1S/C15H17N3O2/c19-11-14(13-4-2-1-3-5-13)18-15(20)17-10-12-6-8-16-9-7-12/h1-9,14,19H,10-11H2,(H2,17,18,20)/t14-/m1/s1. The molecule has 0 spiro atoms. The predicted octanol–water partition coefficient (Wildman–Crippen LogP) is 1.61. The summed E-state index contributed by atoms with van der Waals surface area (Å²) >= 11 is 0. The zero-order valence-corrected chi connectivity index (χ0v) is 11.0. The first-order chi connectivity index (χ1) is 9.79. The van der Waals surface area contributed by atoms with Gasteiger partial charge in [0.2, 0.25) is 0 Å². The summed E-state index contributed by atoms with van der Waals surface area (Å²) in [5.41, 5.74) is 1.84. The third kappa shape index (κ3) is 4.07. The fraction of sp³-hybridized carbons (Fsp3) is 0.200. The zero-order valence-electron chi connectivity index (χ0n) is 11.0. The van der Waals surface area contributed by atoms with Crippen molar-refractivity contribution >= 4 is 6.03 Å².